The van der Waals surface area contributed by atoms with Gasteiger partial charge in [0, 0.05) is 0 Å². The summed E-state index contributed by atoms with van der Waals surface area (Å²) in [4.78, 5) is 28.5. The van der Waals surface area contributed by atoms with Crippen molar-refractivity contribution in [1.82, 2.24) is 9.88 Å². The van der Waals surface area contributed by atoms with Crippen molar-refractivity contribution in [3.63, 3.8) is 0 Å². The van der Waals surface area contributed by atoms with Crippen LogP contribution in [0.4, 0.5) is 4.79 Å². The Labute approximate surface area is 148 Å². The monoisotopic (exact) mass is 380 g/mol. The van der Waals surface area contributed by atoms with Crippen LogP contribution in [0.5, 0.6) is 0 Å². The minimum absolute atomic E-state index is 0.0595. The minimum atomic E-state index is -0.851. The van der Waals surface area contributed by atoms with Crippen LogP contribution < -0.4 is 0 Å². The number of esters is 1. The number of amides is 1. The smallest absolute Gasteiger partial charge is 0.410 e. The zero-order chi connectivity index (χ0) is 17.4. The first kappa shape index (κ1) is 18.3. The Morgan fingerprint density at radius 2 is 2.00 bits per heavy atom. The Morgan fingerprint density at radius 1 is 1.39 bits per heavy atom. The summed E-state index contributed by atoms with van der Waals surface area (Å²) in [5.41, 5.74) is -0.507. The summed E-state index contributed by atoms with van der Waals surface area (Å²) in [6.45, 7) is 7.82. The van der Waals surface area contributed by atoms with Crippen molar-refractivity contribution in [2.24, 2.45) is 0 Å². The third-order valence-electron chi connectivity index (χ3n) is 2.97. The van der Waals surface area contributed by atoms with Gasteiger partial charge in [0.2, 0.25) is 0 Å². The molecule has 128 valence electrons. The van der Waals surface area contributed by atoms with E-state index >= 15 is 0 Å². The molecule has 0 atom stereocenters. The van der Waals surface area contributed by atoms with Crippen LogP contribution in [-0.2, 0) is 14.3 Å². The number of likely N-dealkylation sites (tertiary alicyclic amines) is 1. The number of hydrogen-bond acceptors (Lipinski definition) is 6. The number of alkyl halides is 1. The van der Waals surface area contributed by atoms with E-state index in [-0.39, 0.29) is 29.7 Å². The predicted molar refractivity (Wildman–Crippen MR) is 88.4 cm³/mol. The van der Waals surface area contributed by atoms with Crippen LogP contribution in [0.1, 0.15) is 43.2 Å². The Morgan fingerprint density at radius 3 is 2.52 bits per heavy atom. The minimum Gasteiger partial charge on any atom is -0.461 e. The molecule has 23 heavy (non-hydrogen) atoms. The number of ether oxygens (including phenoxy) is 2. The average molecular weight is 381 g/mol. The van der Waals surface area contributed by atoms with E-state index in [0.29, 0.717) is 5.01 Å². The summed E-state index contributed by atoms with van der Waals surface area (Å²) >= 11 is 13.7. The van der Waals surface area contributed by atoms with Crippen LogP contribution >= 0.6 is 34.5 Å². The average Bonchev–Trinajstić information content (AvgIpc) is 2.75. The van der Waals surface area contributed by atoms with Gasteiger partial charge in [-0.1, -0.05) is 11.6 Å². The lowest BCUT2D eigenvalue weighted by Crippen LogP contribution is -2.59. The fraction of sp³-hybridized carbons (Fsp3) is 0.643. The molecule has 0 spiro atoms. The maximum atomic E-state index is 12.0. The van der Waals surface area contributed by atoms with Crippen LogP contribution in [0.3, 0.4) is 0 Å². The summed E-state index contributed by atoms with van der Waals surface area (Å²) in [5.74, 6) is -0.580. The van der Waals surface area contributed by atoms with Gasteiger partial charge in [0.05, 0.1) is 19.7 Å². The molecule has 2 rings (SSSR count). The molecule has 1 aliphatic heterocycles. The molecule has 1 amide bonds. The lowest BCUT2D eigenvalue weighted by molar-refractivity contribution is 0.00308. The molecule has 1 aromatic rings. The van der Waals surface area contributed by atoms with Gasteiger partial charge in [-0.3, -0.25) is 0 Å². The van der Waals surface area contributed by atoms with E-state index in [1.807, 2.05) is 0 Å². The van der Waals surface area contributed by atoms with E-state index in [2.05, 4.69) is 4.98 Å². The van der Waals surface area contributed by atoms with E-state index in [1.165, 1.54) is 4.90 Å². The summed E-state index contributed by atoms with van der Waals surface area (Å²) < 4.78 is 10.4. The molecule has 1 aromatic heterocycles. The molecule has 6 nitrogen and oxygen atoms in total. The topological polar surface area (TPSA) is 68.7 Å². The van der Waals surface area contributed by atoms with Crippen molar-refractivity contribution in [2.45, 2.75) is 38.2 Å². The number of thiazole rings is 1. The normalized spacial score (nSPS) is 16.7. The second-order valence-electron chi connectivity index (χ2n) is 6.16. The molecule has 0 aromatic carbocycles. The second kappa shape index (κ2) is 6.45. The van der Waals surface area contributed by atoms with E-state index in [4.69, 9.17) is 32.7 Å². The van der Waals surface area contributed by atoms with Crippen LogP contribution in [0.2, 0.25) is 4.34 Å². The van der Waals surface area contributed by atoms with E-state index in [1.54, 1.807) is 27.7 Å². The highest BCUT2D eigenvalue weighted by atomic mass is 35.5. The quantitative estimate of drug-likeness (QED) is 0.591. The van der Waals surface area contributed by atoms with Gasteiger partial charge in [-0.2, -0.15) is 0 Å². The summed E-state index contributed by atoms with van der Waals surface area (Å²) in [5, 5.41) is 0.493. The maximum Gasteiger partial charge on any atom is 0.410 e. The van der Waals surface area contributed by atoms with Gasteiger partial charge in [-0.25, -0.2) is 14.6 Å². The fourth-order valence-corrected chi connectivity index (χ4v) is 3.60. The first-order valence-corrected chi connectivity index (χ1v) is 8.64. The number of aromatic nitrogens is 1. The Kier molecular flexibility index (Phi) is 5.13. The summed E-state index contributed by atoms with van der Waals surface area (Å²) in [7, 11) is 0. The van der Waals surface area contributed by atoms with Gasteiger partial charge in [0.25, 0.3) is 0 Å². The highest BCUT2D eigenvalue weighted by Gasteiger charge is 2.49. The van der Waals surface area contributed by atoms with Crippen LogP contribution in [0.15, 0.2) is 0 Å². The molecule has 0 radical (unpaired) electrons. The Balaban J connectivity index is 2.06. The van der Waals surface area contributed by atoms with Crippen molar-refractivity contribution >= 4 is 46.6 Å². The number of hydrogen-bond donors (Lipinski definition) is 0. The molecule has 0 saturated carbocycles. The molecule has 1 aliphatic rings. The van der Waals surface area contributed by atoms with Crippen LogP contribution in [0, 0.1) is 0 Å². The van der Waals surface area contributed by atoms with Crippen molar-refractivity contribution < 1.29 is 19.1 Å². The van der Waals surface area contributed by atoms with Crippen molar-refractivity contribution in [3.05, 3.63) is 15.0 Å². The van der Waals surface area contributed by atoms with Gasteiger partial charge in [0.15, 0.2) is 5.69 Å². The van der Waals surface area contributed by atoms with Gasteiger partial charge in [0.1, 0.15) is 19.8 Å². The molecule has 9 heteroatoms. The zero-order valence-corrected chi connectivity index (χ0v) is 15.6. The lowest BCUT2D eigenvalue weighted by atomic mass is 10.0. The first-order chi connectivity index (χ1) is 10.6. The Hall–Kier alpha value is -1.05. The van der Waals surface area contributed by atoms with E-state index in [0.717, 1.165) is 11.3 Å². The SMILES string of the molecule is CCOC(=O)c1nc(C2(Cl)CN(C(=O)OC(C)(C)C)C2)sc1Cl. The fourth-order valence-electron chi connectivity index (χ4n) is 1.97. The van der Waals surface area contributed by atoms with Gasteiger partial charge in [-0.05, 0) is 27.7 Å². The van der Waals surface area contributed by atoms with Crippen molar-refractivity contribution in [3.8, 4) is 0 Å². The van der Waals surface area contributed by atoms with Crippen LogP contribution in [0.25, 0.3) is 0 Å². The summed E-state index contributed by atoms with van der Waals surface area (Å²) in [6, 6.07) is 0. The first-order valence-electron chi connectivity index (χ1n) is 7.06. The zero-order valence-electron chi connectivity index (χ0n) is 13.3. The standard InChI is InChI=1S/C14H18Cl2N2O4S/c1-5-21-10(19)8-9(15)23-11(17-8)14(16)6-18(7-14)12(20)22-13(2,3)4/h5-7H2,1-4H3. The van der Waals surface area contributed by atoms with E-state index in [9.17, 15) is 9.59 Å². The number of halogens is 2. The van der Waals surface area contributed by atoms with E-state index < -0.39 is 22.5 Å². The number of nitrogens with zero attached hydrogens (tertiary/aromatic N) is 2. The summed E-state index contributed by atoms with van der Waals surface area (Å²) in [6.07, 6.45) is -0.429. The molecule has 0 N–H and O–H groups in total. The second-order valence-corrected chi connectivity index (χ2v) is 8.49. The molecule has 0 unspecified atom stereocenters. The number of rotatable bonds is 3. The van der Waals surface area contributed by atoms with Gasteiger partial charge in [-0.15, -0.1) is 22.9 Å². The number of carbonyl (C=O) groups excluding carboxylic acids is 2. The van der Waals surface area contributed by atoms with Gasteiger partial charge < -0.3 is 14.4 Å². The van der Waals surface area contributed by atoms with Crippen molar-refractivity contribution in [1.29, 1.82) is 0 Å². The highest BCUT2D eigenvalue weighted by Crippen LogP contribution is 2.43. The molecule has 0 bridgehead atoms. The number of carbonyl (C=O) groups is 2. The van der Waals surface area contributed by atoms with Crippen LogP contribution in [-0.4, -0.2) is 47.2 Å². The predicted octanol–water partition coefficient (Wildman–Crippen LogP) is 3.66. The molecular weight excluding hydrogens is 363 g/mol. The third kappa shape index (κ3) is 4.08. The maximum absolute atomic E-state index is 12.0. The molecule has 1 saturated heterocycles. The molecular formula is C14H18Cl2N2O4S. The highest BCUT2D eigenvalue weighted by molar-refractivity contribution is 7.16. The molecule has 1 fully saturated rings. The molecule has 0 aliphatic carbocycles. The Bertz CT molecular complexity index is 621. The largest absolute Gasteiger partial charge is 0.461 e. The lowest BCUT2D eigenvalue weighted by Gasteiger charge is -2.44. The molecule has 2 heterocycles. The third-order valence-corrected chi connectivity index (χ3v) is 4.96. The van der Waals surface area contributed by atoms with Gasteiger partial charge >= 0.3 is 12.1 Å². The van der Waals surface area contributed by atoms with Crippen molar-refractivity contribution in [2.75, 3.05) is 19.7 Å².